The van der Waals surface area contributed by atoms with Crippen molar-refractivity contribution in [1.82, 2.24) is 24.6 Å². The number of nitrogens with zero attached hydrogens (tertiary/aromatic N) is 4. The van der Waals surface area contributed by atoms with Gasteiger partial charge in [0.2, 0.25) is 5.88 Å². The molecule has 14 nitrogen and oxygen atoms in total. The van der Waals surface area contributed by atoms with Gasteiger partial charge in [-0.1, -0.05) is 42.1 Å². The van der Waals surface area contributed by atoms with Crippen LogP contribution in [0.5, 0.6) is 5.88 Å². The van der Waals surface area contributed by atoms with Crippen molar-refractivity contribution < 1.29 is 43.2 Å². The van der Waals surface area contributed by atoms with E-state index in [1.54, 1.807) is 20.8 Å². The number of fused-ring (bicyclic) bond motifs is 1. The van der Waals surface area contributed by atoms with Gasteiger partial charge >= 0.3 is 7.75 Å². The van der Waals surface area contributed by atoms with Gasteiger partial charge in [-0.3, -0.25) is 18.4 Å². The van der Waals surface area contributed by atoms with Crippen molar-refractivity contribution in [3.05, 3.63) is 48.0 Å². The van der Waals surface area contributed by atoms with Crippen molar-refractivity contribution in [2.45, 2.75) is 58.3 Å². The zero-order valence-electron chi connectivity index (χ0n) is 24.7. The third-order valence-corrected chi connectivity index (χ3v) is 9.70. The molecule has 4 N–H and O–H groups in total. The largest absolute Gasteiger partial charge is 0.479 e. The molecule has 236 valence electrons. The number of imidazole rings is 1. The highest BCUT2D eigenvalue weighted by Crippen LogP contribution is 2.47. The van der Waals surface area contributed by atoms with Crippen LogP contribution in [-0.2, 0) is 29.7 Å². The van der Waals surface area contributed by atoms with E-state index in [1.807, 2.05) is 30.3 Å². The van der Waals surface area contributed by atoms with Crippen LogP contribution < -0.4 is 9.82 Å². The number of hydrogen-bond acceptors (Lipinski definition) is 13. The number of rotatable bonds is 14. The predicted octanol–water partition coefficient (Wildman–Crippen LogP) is 2.36. The van der Waals surface area contributed by atoms with Crippen LogP contribution in [0.4, 0.5) is 0 Å². The van der Waals surface area contributed by atoms with Crippen LogP contribution in [0.15, 0.2) is 36.7 Å². The van der Waals surface area contributed by atoms with E-state index >= 15 is 0 Å². The number of benzene rings is 1. The molecule has 1 aromatic carbocycles. The maximum absolute atomic E-state index is 13.8. The molecule has 1 saturated heterocycles. The molecule has 43 heavy (non-hydrogen) atoms. The molecular weight excluding hydrogens is 601 g/mol. The van der Waals surface area contributed by atoms with Crippen LogP contribution in [0.25, 0.3) is 11.2 Å². The Morgan fingerprint density at radius 2 is 1.98 bits per heavy atom. The van der Waals surface area contributed by atoms with Crippen molar-refractivity contribution in [3.8, 4) is 5.88 Å². The third kappa shape index (κ3) is 7.62. The number of aromatic nitrogens is 4. The maximum Gasteiger partial charge on any atom is 0.405 e. The van der Waals surface area contributed by atoms with E-state index in [2.05, 4.69) is 20.0 Å². The first kappa shape index (κ1) is 33.4. The zero-order valence-corrected chi connectivity index (χ0v) is 26.4. The summed E-state index contributed by atoms with van der Waals surface area (Å²) >= 11 is 0.956. The molecule has 16 heteroatoms. The van der Waals surface area contributed by atoms with Crippen LogP contribution >= 0.6 is 19.5 Å². The second kappa shape index (κ2) is 13.7. The van der Waals surface area contributed by atoms with Crippen molar-refractivity contribution >= 4 is 35.8 Å². The Morgan fingerprint density at radius 1 is 1.26 bits per heavy atom. The summed E-state index contributed by atoms with van der Waals surface area (Å²) in [7, 11) is -2.55. The summed E-state index contributed by atoms with van der Waals surface area (Å²) < 4.78 is 37.9. The van der Waals surface area contributed by atoms with Crippen LogP contribution in [0, 0.1) is 12.3 Å². The molecule has 4 rings (SSSR count). The number of aliphatic hydroxyl groups is 3. The van der Waals surface area contributed by atoms with Crippen LogP contribution in [0.2, 0.25) is 0 Å². The van der Waals surface area contributed by atoms with E-state index < -0.39 is 43.8 Å². The molecule has 3 heterocycles. The van der Waals surface area contributed by atoms with E-state index in [4.69, 9.17) is 18.5 Å². The summed E-state index contributed by atoms with van der Waals surface area (Å²) in [5, 5.41) is 34.3. The van der Waals surface area contributed by atoms with Crippen LogP contribution in [0.1, 0.15) is 38.4 Å². The van der Waals surface area contributed by atoms with Crippen molar-refractivity contribution in [3.63, 3.8) is 0 Å². The number of nitrogens with one attached hydrogen (secondary N) is 1. The molecule has 1 aliphatic heterocycles. The number of thioether (sulfide) groups is 1. The van der Waals surface area contributed by atoms with Gasteiger partial charge in [-0.2, -0.15) is 4.98 Å². The number of hydrogen-bond donors (Lipinski definition) is 4. The highest BCUT2D eigenvalue weighted by Gasteiger charge is 2.54. The van der Waals surface area contributed by atoms with E-state index in [1.165, 1.54) is 24.9 Å². The highest BCUT2D eigenvalue weighted by molar-refractivity contribution is 8.13. The lowest BCUT2D eigenvalue weighted by atomic mass is 9.96. The first-order chi connectivity index (χ1) is 20.3. The molecule has 1 fully saturated rings. The van der Waals surface area contributed by atoms with Gasteiger partial charge < -0.3 is 24.8 Å². The molecule has 0 aliphatic carbocycles. The lowest BCUT2D eigenvalue weighted by molar-refractivity contribution is -0.119. The number of carbonyl (C=O) groups excluding carboxylic acids is 1. The number of carbonyl (C=O) groups is 1. The van der Waals surface area contributed by atoms with E-state index in [0.717, 1.165) is 17.3 Å². The van der Waals surface area contributed by atoms with Gasteiger partial charge in [-0.25, -0.2) is 19.6 Å². The molecule has 0 saturated carbocycles. The van der Waals surface area contributed by atoms with Gasteiger partial charge in [0.05, 0.1) is 38.7 Å². The zero-order chi connectivity index (χ0) is 31.4. The fourth-order valence-electron chi connectivity index (χ4n) is 4.32. The number of methoxy groups -OCH3 is 1. The maximum atomic E-state index is 13.8. The van der Waals surface area contributed by atoms with Crippen molar-refractivity contribution in [2.24, 2.45) is 5.41 Å². The molecule has 0 amide bonds. The van der Waals surface area contributed by atoms with Gasteiger partial charge in [0, 0.05) is 12.3 Å². The summed E-state index contributed by atoms with van der Waals surface area (Å²) in [6, 6.07) is 9.20. The van der Waals surface area contributed by atoms with E-state index in [-0.39, 0.29) is 36.5 Å². The fourth-order valence-corrected chi connectivity index (χ4v) is 6.56. The third-order valence-electron chi connectivity index (χ3n) is 6.96. The highest BCUT2D eigenvalue weighted by atomic mass is 32.2. The quantitative estimate of drug-likeness (QED) is 0.149. The first-order valence-corrected chi connectivity index (χ1v) is 16.1. The standard InChI is InChI=1S/C27H38N5O9PS/c1-17-30-22-20(23(31-17)38-5)28-16-32(22)24-27(4,36)21(34)19(41-24)14-40-42(37,29-13-18-9-7-6-8-10-18)39-11-12-43-25(35)26(2,3)15-33/h6-10,16,19,21,24,33-34,36H,11-15H2,1-5H3,(H,29,37)/t19-,21?,24-,27+,42?/m1/s1. The average molecular weight is 640 g/mol. The first-order valence-electron chi connectivity index (χ1n) is 13.6. The number of ether oxygens (including phenoxy) is 2. The summed E-state index contributed by atoms with van der Waals surface area (Å²) in [5.41, 5.74) is -1.23. The minimum atomic E-state index is -4.00. The molecule has 2 unspecified atom stereocenters. The van der Waals surface area contributed by atoms with Gasteiger partial charge in [0.15, 0.2) is 22.5 Å². The molecule has 0 bridgehead atoms. The predicted molar refractivity (Wildman–Crippen MR) is 158 cm³/mol. The molecule has 5 atom stereocenters. The monoisotopic (exact) mass is 639 g/mol. The second-order valence-electron chi connectivity index (χ2n) is 10.9. The Labute approximate surface area is 253 Å². The Morgan fingerprint density at radius 3 is 2.65 bits per heavy atom. The van der Waals surface area contributed by atoms with Gasteiger partial charge in [-0.05, 0) is 33.3 Å². The van der Waals surface area contributed by atoms with E-state index in [0.29, 0.717) is 17.0 Å². The lowest BCUT2D eigenvalue weighted by Gasteiger charge is -2.27. The average Bonchev–Trinajstić information content (AvgIpc) is 3.50. The Hall–Kier alpha value is -2.46. The molecular formula is C27H38N5O9PS. The normalized spacial score (nSPS) is 23.9. The minimum Gasteiger partial charge on any atom is -0.479 e. The van der Waals surface area contributed by atoms with Crippen LogP contribution in [0.3, 0.4) is 0 Å². The fraction of sp³-hybridized carbons (Fsp3) is 0.556. The summed E-state index contributed by atoms with van der Waals surface area (Å²) in [6.45, 7) is 5.69. The molecule has 0 radical (unpaired) electrons. The second-order valence-corrected chi connectivity index (χ2v) is 13.8. The summed E-state index contributed by atoms with van der Waals surface area (Å²) in [6.07, 6.45) is -2.28. The summed E-state index contributed by atoms with van der Waals surface area (Å²) in [4.78, 5) is 25.3. The lowest BCUT2D eigenvalue weighted by Crippen LogP contribution is -2.44. The van der Waals surface area contributed by atoms with Crippen LogP contribution in [-0.4, -0.2) is 90.4 Å². The Balaban J connectivity index is 1.47. The van der Waals surface area contributed by atoms with Crippen molar-refractivity contribution in [2.75, 3.05) is 32.7 Å². The Bertz CT molecular complexity index is 1460. The van der Waals surface area contributed by atoms with Gasteiger partial charge in [0.1, 0.15) is 23.6 Å². The van der Waals surface area contributed by atoms with Gasteiger partial charge in [-0.15, -0.1) is 0 Å². The number of aryl methyl sites for hydroxylation is 1. The molecule has 1 aliphatic rings. The summed E-state index contributed by atoms with van der Waals surface area (Å²) in [5.74, 6) is 0.827. The van der Waals surface area contributed by atoms with Gasteiger partial charge in [0.25, 0.3) is 0 Å². The molecule has 3 aromatic rings. The molecule has 2 aromatic heterocycles. The van der Waals surface area contributed by atoms with Crippen molar-refractivity contribution in [1.29, 1.82) is 0 Å². The topological polar surface area (TPSA) is 187 Å². The molecule has 0 spiro atoms. The minimum absolute atomic E-state index is 0.104. The SMILES string of the molecule is COc1nc(C)nc2c1ncn2[C@@H]1O[C@H](COP(=O)(NCc2ccccc2)OCCSC(=O)C(C)(C)CO)C(O)[C@]1(C)O. The Kier molecular flexibility index (Phi) is 10.6. The number of aliphatic hydroxyl groups excluding tert-OH is 2. The smallest absolute Gasteiger partial charge is 0.405 e. The van der Waals surface area contributed by atoms with E-state index in [9.17, 15) is 24.7 Å².